The van der Waals surface area contributed by atoms with Gasteiger partial charge in [-0.25, -0.2) is 0 Å². The molecule has 0 N–H and O–H groups in total. The van der Waals surface area contributed by atoms with Crippen molar-refractivity contribution in [1.82, 2.24) is 10.1 Å². The number of piperidine rings is 1. The fourth-order valence-corrected chi connectivity index (χ4v) is 4.31. The molecule has 4 rings (SSSR count). The van der Waals surface area contributed by atoms with Crippen LogP contribution in [-0.4, -0.2) is 36.1 Å². The van der Waals surface area contributed by atoms with E-state index in [0.717, 1.165) is 41.4 Å². The number of ether oxygens (including phenoxy) is 1. The highest BCUT2D eigenvalue weighted by molar-refractivity contribution is 5.78. The maximum absolute atomic E-state index is 12.9. The van der Waals surface area contributed by atoms with Gasteiger partial charge in [-0.05, 0) is 62.4 Å². The Morgan fingerprint density at radius 3 is 2.48 bits per heavy atom. The van der Waals surface area contributed by atoms with Crippen molar-refractivity contribution in [3.8, 4) is 5.75 Å². The number of hydrogen-bond acceptors (Lipinski definition) is 5. The summed E-state index contributed by atoms with van der Waals surface area (Å²) in [6.07, 6.45) is 4.15. The Morgan fingerprint density at radius 1 is 1.06 bits per heavy atom. The Kier molecular flexibility index (Phi) is 7.33. The van der Waals surface area contributed by atoms with Crippen LogP contribution in [0.2, 0.25) is 0 Å². The number of hydrogen-bond donors (Lipinski definition) is 0. The Balaban J connectivity index is 1.33. The zero-order valence-corrected chi connectivity index (χ0v) is 19.8. The van der Waals surface area contributed by atoms with Crippen LogP contribution in [0.25, 0.3) is 0 Å². The largest absolute Gasteiger partial charge is 0.489 e. The topological polar surface area (TPSA) is 58.8 Å². The second kappa shape index (κ2) is 10.6. The fraction of sp³-hybridized carbons (Fsp3) is 0.407. The van der Waals surface area contributed by atoms with Gasteiger partial charge in [-0.2, -0.15) is 0 Å². The predicted molar refractivity (Wildman–Crippen MR) is 129 cm³/mol. The number of carbonyl (C=O) groups is 1. The van der Waals surface area contributed by atoms with Crippen molar-refractivity contribution in [2.24, 2.45) is 0 Å². The van der Waals surface area contributed by atoms with Crippen LogP contribution in [0.5, 0.6) is 5.75 Å². The van der Waals surface area contributed by atoms with E-state index in [9.17, 15) is 4.79 Å². The fourth-order valence-electron chi connectivity index (χ4n) is 4.31. The number of nitrogens with zero attached hydrogens (tertiary/aromatic N) is 3. The van der Waals surface area contributed by atoms with Gasteiger partial charge in [0.25, 0.3) is 0 Å². The number of para-hydroxylation sites is 1. The number of amides is 1. The smallest absolute Gasteiger partial charge is 0.227 e. The summed E-state index contributed by atoms with van der Waals surface area (Å²) in [6.45, 7) is 7.02. The van der Waals surface area contributed by atoms with E-state index < -0.39 is 0 Å². The predicted octanol–water partition coefficient (Wildman–Crippen LogP) is 5.06. The third-order valence-electron chi connectivity index (χ3n) is 6.36. The highest BCUT2D eigenvalue weighted by atomic mass is 16.5. The minimum absolute atomic E-state index is 0.104. The number of anilines is 1. The van der Waals surface area contributed by atoms with E-state index in [1.54, 1.807) is 0 Å². The molecule has 0 bridgehead atoms. The van der Waals surface area contributed by atoms with Gasteiger partial charge in [-0.15, -0.1) is 0 Å². The normalized spacial score (nSPS) is 13.7. The molecule has 1 amide bonds. The minimum atomic E-state index is 0.104. The van der Waals surface area contributed by atoms with Crippen molar-refractivity contribution >= 4 is 11.6 Å². The Labute approximate surface area is 196 Å². The summed E-state index contributed by atoms with van der Waals surface area (Å²) in [5.74, 6) is 1.64. The molecule has 6 heteroatoms. The van der Waals surface area contributed by atoms with Crippen molar-refractivity contribution in [2.45, 2.75) is 52.7 Å². The Bertz CT molecular complexity index is 1050. The number of aryl methyl sites for hydroxylation is 2. The van der Waals surface area contributed by atoms with E-state index in [0.29, 0.717) is 19.6 Å². The molecule has 0 spiro atoms. The molecule has 0 unspecified atom stereocenters. The summed E-state index contributed by atoms with van der Waals surface area (Å²) in [6, 6.07) is 16.2. The zero-order valence-electron chi connectivity index (χ0n) is 19.8. The second-order valence-corrected chi connectivity index (χ2v) is 8.84. The third kappa shape index (κ3) is 5.75. The molecule has 1 fully saturated rings. The van der Waals surface area contributed by atoms with Crippen LogP contribution in [0.1, 0.15) is 47.4 Å². The van der Waals surface area contributed by atoms with Gasteiger partial charge in [-0.3, -0.25) is 4.79 Å². The number of carbonyl (C=O) groups excluding carboxylic acids is 1. The van der Waals surface area contributed by atoms with E-state index in [1.807, 2.05) is 50.1 Å². The molecule has 0 saturated carbocycles. The summed E-state index contributed by atoms with van der Waals surface area (Å²) >= 11 is 0. The third-order valence-corrected chi connectivity index (χ3v) is 6.36. The lowest BCUT2D eigenvalue weighted by Crippen LogP contribution is -2.32. The molecule has 2 aromatic carbocycles. The van der Waals surface area contributed by atoms with E-state index >= 15 is 0 Å². The number of rotatable bonds is 8. The van der Waals surface area contributed by atoms with E-state index in [-0.39, 0.29) is 5.91 Å². The molecule has 0 radical (unpaired) electrons. The van der Waals surface area contributed by atoms with Crippen LogP contribution in [0.15, 0.2) is 53.1 Å². The van der Waals surface area contributed by atoms with E-state index in [4.69, 9.17) is 9.26 Å². The van der Waals surface area contributed by atoms with Crippen molar-refractivity contribution in [1.29, 1.82) is 0 Å². The molecule has 3 aromatic rings. The van der Waals surface area contributed by atoms with Gasteiger partial charge < -0.3 is 19.1 Å². The average molecular weight is 448 g/mol. The summed E-state index contributed by atoms with van der Waals surface area (Å²) in [5.41, 5.74) is 5.26. The molecule has 1 aliphatic rings. The second-order valence-electron chi connectivity index (χ2n) is 8.84. The molecule has 0 aliphatic carbocycles. The monoisotopic (exact) mass is 447 g/mol. The maximum atomic E-state index is 12.9. The van der Waals surface area contributed by atoms with Gasteiger partial charge >= 0.3 is 0 Å². The zero-order chi connectivity index (χ0) is 23.2. The number of benzene rings is 2. The molecular weight excluding hydrogens is 414 g/mol. The van der Waals surface area contributed by atoms with Gasteiger partial charge in [0.1, 0.15) is 18.1 Å². The van der Waals surface area contributed by atoms with Gasteiger partial charge in [-0.1, -0.05) is 35.5 Å². The summed E-state index contributed by atoms with van der Waals surface area (Å²) in [5, 5.41) is 3.95. The lowest BCUT2D eigenvalue weighted by molar-refractivity contribution is -0.129. The number of aromatic nitrogens is 1. The molecule has 1 saturated heterocycles. The van der Waals surface area contributed by atoms with Crippen molar-refractivity contribution in [3.63, 3.8) is 0 Å². The van der Waals surface area contributed by atoms with Gasteiger partial charge in [0, 0.05) is 32.4 Å². The molecule has 1 aromatic heterocycles. The summed E-state index contributed by atoms with van der Waals surface area (Å²) in [4.78, 5) is 17.2. The molecule has 0 atom stereocenters. The molecule has 2 heterocycles. The standard InChI is InChI=1S/C27H33N3O3/c1-20-25(21(2)33-28-20)19-32-24-13-11-22(12-14-24)17-27(31)29(3)18-23-9-5-6-10-26(23)30-15-7-4-8-16-30/h5-6,9-14H,4,7-8,15-19H2,1-3H3. The Morgan fingerprint density at radius 2 is 1.79 bits per heavy atom. The average Bonchev–Trinajstić information content (AvgIpc) is 3.16. The first-order valence-corrected chi connectivity index (χ1v) is 11.7. The van der Waals surface area contributed by atoms with E-state index in [1.165, 1.54) is 30.5 Å². The van der Waals surface area contributed by atoms with Gasteiger partial charge in [0.05, 0.1) is 17.7 Å². The lowest BCUT2D eigenvalue weighted by Gasteiger charge is -2.31. The molecular formula is C27H33N3O3. The highest BCUT2D eigenvalue weighted by Crippen LogP contribution is 2.25. The maximum Gasteiger partial charge on any atom is 0.227 e. The van der Waals surface area contributed by atoms with Crippen LogP contribution in [0, 0.1) is 13.8 Å². The first-order chi connectivity index (χ1) is 16.0. The first-order valence-electron chi connectivity index (χ1n) is 11.7. The van der Waals surface area contributed by atoms with Crippen LogP contribution in [0.4, 0.5) is 5.69 Å². The molecule has 1 aliphatic heterocycles. The van der Waals surface area contributed by atoms with Crippen LogP contribution < -0.4 is 9.64 Å². The highest BCUT2D eigenvalue weighted by Gasteiger charge is 2.17. The van der Waals surface area contributed by atoms with Crippen LogP contribution in [0.3, 0.4) is 0 Å². The summed E-state index contributed by atoms with van der Waals surface area (Å²) < 4.78 is 11.0. The van der Waals surface area contributed by atoms with E-state index in [2.05, 4.69) is 34.3 Å². The van der Waals surface area contributed by atoms with Crippen molar-refractivity contribution in [3.05, 3.63) is 76.7 Å². The van der Waals surface area contributed by atoms with Crippen molar-refractivity contribution < 1.29 is 14.1 Å². The van der Waals surface area contributed by atoms with Crippen LogP contribution >= 0.6 is 0 Å². The van der Waals surface area contributed by atoms with Crippen LogP contribution in [-0.2, 0) is 24.4 Å². The lowest BCUT2D eigenvalue weighted by atomic mass is 10.1. The minimum Gasteiger partial charge on any atom is -0.489 e. The quantitative estimate of drug-likeness (QED) is 0.483. The Hall–Kier alpha value is -3.28. The first kappa shape index (κ1) is 22.9. The summed E-state index contributed by atoms with van der Waals surface area (Å²) in [7, 11) is 1.89. The molecule has 6 nitrogen and oxygen atoms in total. The van der Waals surface area contributed by atoms with Crippen molar-refractivity contribution in [2.75, 3.05) is 25.0 Å². The SMILES string of the molecule is Cc1noc(C)c1COc1ccc(CC(=O)N(C)Cc2ccccc2N2CCCCC2)cc1. The van der Waals surface area contributed by atoms with Gasteiger partial charge in [0.15, 0.2) is 0 Å². The van der Waals surface area contributed by atoms with Gasteiger partial charge in [0.2, 0.25) is 5.91 Å². The molecule has 174 valence electrons. The number of likely N-dealkylation sites (N-methyl/N-ethyl adjacent to an activating group) is 1. The molecule has 33 heavy (non-hydrogen) atoms.